The summed E-state index contributed by atoms with van der Waals surface area (Å²) in [5.41, 5.74) is 5.18. The smallest absolute Gasteiger partial charge is 0.294 e. The molecular formula is C8H11NO6S2. The first kappa shape index (κ1) is 14.1. The van der Waals surface area contributed by atoms with Gasteiger partial charge >= 0.3 is 0 Å². The van der Waals surface area contributed by atoms with E-state index in [1.807, 2.05) is 0 Å². The quantitative estimate of drug-likeness (QED) is 0.661. The van der Waals surface area contributed by atoms with E-state index in [2.05, 4.69) is 0 Å². The van der Waals surface area contributed by atoms with Crippen molar-refractivity contribution < 1.29 is 25.9 Å². The van der Waals surface area contributed by atoms with Gasteiger partial charge in [-0.25, -0.2) is 0 Å². The second-order valence-electron chi connectivity index (χ2n) is 3.37. The van der Waals surface area contributed by atoms with Crippen LogP contribution in [0.2, 0.25) is 0 Å². The lowest BCUT2D eigenvalue weighted by Crippen LogP contribution is -2.10. The van der Waals surface area contributed by atoms with Crippen LogP contribution in [0.25, 0.3) is 0 Å². The van der Waals surface area contributed by atoms with E-state index in [0.717, 1.165) is 19.1 Å². The van der Waals surface area contributed by atoms with Gasteiger partial charge in [0.25, 0.3) is 20.2 Å². The van der Waals surface area contributed by atoms with E-state index in [-0.39, 0.29) is 17.7 Å². The molecule has 9 heteroatoms. The molecule has 0 heterocycles. The first-order valence-corrected chi connectivity index (χ1v) is 7.24. The van der Waals surface area contributed by atoms with Crippen molar-refractivity contribution in [2.45, 2.75) is 23.3 Å². The predicted octanol–water partition coefficient (Wildman–Crippen LogP) is -0.0529. The zero-order valence-corrected chi connectivity index (χ0v) is 10.4. The molecule has 1 aromatic carbocycles. The first-order valence-electron chi connectivity index (χ1n) is 4.36. The number of benzene rings is 1. The second kappa shape index (κ2) is 4.35. The highest BCUT2D eigenvalue weighted by atomic mass is 32.2. The van der Waals surface area contributed by atoms with Crippen LogP contribution < -0.4 is 5.73 Å². The van der Waals surface area contributed by atoms with Gasteiger partial charge in [0.1, 0.15) is 0 Å². The van der Waals surface area contributed by atoms with E-state index in [1.165, 1.54) is 0 Å². The largest absolute Gasteiger partial charge is 0.326 e. The van der Waals surface area contributed by atoms with Crippen molar-refractivity contribution in [2.75, 3.05) is 0 Å². The van der Waals surface area contributed by atoms with E-state index >= 15 is 0 Å². The summed E-state index contributed by atoms with van der Waals surface area (Å²) in [5, 5.41) is 0. The normalized spacial score (nSPS) is 12.7. The average molecular weight is 281 g/mol. The Hall–Kier alpha value is -1.00. The number of hydrogen-bond acceptors (Lipinski definition) is 5. The standard InChI is InChI=1S/C8H11NO6S2/c1-5-7(16(10,11)12)2-6(4-9)3-8(5)17(13,14)15/h2-3H,4,9H2,1H3,(H,10,11,12)(H,13,14,15). The third kappa shape index (κ3) is 3.01. The minimum absolute atomic E-state index is 0.134. The van der Waals surface area contributed by atoms with Crippen molar-refractivity contribution in [2.24, 2.45) is 5.73 Å². The number of hydrogen-bond donors (Lipinski definition) is 3. The molecule has 1 aromatic rings. The van der Waals surface area contributed by atoms with Crippen molar-refractivity contribution in [3.63, 3.8) is 0 Å². The Kier molecular flexibility index (Phi) is 3.60. The van der Waals surface area contributed by atoms with Gasteiger partial charge in [-0.2, -0.15) is 16.8 Å². The summed E-state index contributed by atoms with van der Waals surface area (Å²) >= 11 is 0. The lowest BCUT2D eigenvalue weighted by atomic mass is 10.1. The molecular weight excluding hydrogens is 270 g/mol. The fourth-order valence-electron chi connectivity index (χ4n) is 1.37. The number of rotatable bonds is 3. The second-order valence-corrected chi connectivity index (χ2v) is 6.15. The van der Waals surface area contributed by atoms with Crippen LogP contribution in [-0.2, 0) is 26.8 Å². The third-order valence-corrected chi connectivity index (χ3v) is 4.12. The van der Waals surface area contributed by atoms with Gasteiger partial charge < -0.3 is 5.73 Å². The van der Waals surface area contributed by atoms with Crippen LogP contribution in [0.5, 0.6) is 0 Å². The van der Waals surface area contributed by atoms with Gasteiger partial charge in [0, 0.05) is 6.54 Å². The average Bonchev–Trinajstić information content (AvgIpc) is 2.14. The molecule has 0 spiro atoms. The molecule has 0 amide bonds. The molecule has 0 saturated heterocycles. The minimum Gasteiger partial charge on any atom is -0.326 e. The molecule has 0 bridgehead atoms. The zero-order chi connectivity index (χ0) is 13.4. The lowest BCUT2D eigenvalue weighted by molar-refractivity contribution is 0.479. The lowest BCUT2D eigenvalue weighted by Gasteiger charge is -2.09. The van der Waals surface area contributed by atoms with E-state index in [4.69, 9.17) is 14.8 Å². The van der Waals surface area contributed by atoms with Gasteiger partial charge in [0.2, 0.25) is 0 Å². The maximum atomic E-state index is 11.0. The summed E-state index contributed by atoms with van der Waals surface area (Å²) in [4.78, 5) is -1.18. The summed E-state index contributed by atoms with van der Waals surface area (Å²) < 4.78 is 62.0. The Morgan fingerprint density at radius 2 is 1.41 bits per heavy atom. The Labute approximate surface area is 98.8 Å². The number of nitrogens with two attached hydrogens (primary N) is 1. The summed E-state index contributed by atoms with van der Waals surface area (Å²) in [7, 11) is -9.16. The highest BCUT2D eigenvalue weighted by molar-refractivity contribution is 7.86. The highest BCUT2D eigenvalue weighted by Crippen LogP contribution is 2.24. The third-order valence-electron chi connectivity index (χ3n) is 2.16. The fraction of sp³-hybridized carbons (Fsp3) is 0.250. The topological polar surface area (TPSA) is 135 Å². The summed E-state index contributed by atoms with van der Waals surface area (Å²) in [6.45, 7) is 1.03. The summed E-state index contributed by atoms with van der Waals surface area (Å²) in [5.74, 6) is 0. The Morgan fingerprint density at radius 3 is 1.65 bits per heavy atom. The van der Waals surface area contributed by atoms with E-state index in [9.17, 15) is 16.8 Å². The molecule has 0 unspecified atom stereocenters. The summed E-state index contributed by atoms with van der Waals surface area (Å²) in [6, 6.07) is 2.11. The van der Waals surface area contributed by atoms with Crippen molar-refractivity contribution in [3.05, 3.63) is 23.3 Å². The zero-order valence-electron chi connectivity index (χ0n) is 8.78. The van der Waals surface area contributed by atoms with Crippen molar-refractivity contribution in [3.8, 4) is 0 Å². The predicted molar refractivity (Wildman–Crippen MR) is 58.7 cm³/mol. The van der Waals surface area contributed by atoms with Crippen LogP contribution in [-0.4, -0.2) is 25.9 Å². The van der Waals surface area contributed by atoms with Crippen LogP contribution in [0.3, 0.4) is 0 Å². The van der Waals surface area contributed by atoms with Gasteiger partial charge in [-0.3, -0.25) is 9.11 Å². The molecule has 0 aliphatic heterocycles. The Morgan fingerprint density at radius 1 is 1.06 bits per heavy atom. The van der Waals surface area contributed by atoms with Crippen LogP contribution in [0.4, 0.5) is 0 Å². The molecule has 0 fully saturated rings. The van der Waals surface area contributed by atoms with Gasteiger partial charge in [-0.05, 0) is 30.2 Å². The van der Waals surface area contributed by atoms with Gasteiger partial charge in [-0.1, -0.05) is 0 Å². The van der Waals surface area contributed by atoms with Gasteiger partial charge in [-0.15, -0.1) is 0 Å². The maximum absolute atomic E-state index is 11.0. The van der Waals surface area contributed by atoms with E-state index < -0.39 is 30.0 Å². The molecule has 0 aliphatic rings. The molecule has 0 atom stereocenters. The SMILES string of the molecule is Cc1c(S(=O)(=O)O)cc(CN)cc1S(=O)(=O)O. The van der Waals surface area contributed by atoms with Crippen LogP contribution in [0, 0.1) is 6.92 Å². The monoisotopic (exact) mass is 281 g/mol. The van der Waals surface area contributed by atoms with Crippen molar-refractivity contribution in [1.29, 1.82) is 0 Å². The molecule has 1 rings (SSSR count). The van der Waals surface area contributed by atoms with Crippen molar-refractivity contribution >= 4 is 20.2 Å². The Bertz CT molecular complexity index is 594. The van der Waals surface area contributed by atoms with Crippen LogP contribution in [0.1, 0.15) is 11.1 Å². The molecule has 0 radical (unpaired) electrons. The minimum atomic E-state index is -4.58. The first-order chi connectivity index (χ1) is 7.57. The van der Waals surface area contributed by atoms with Gasteiger partial charge in [0.15, 0.2) is 0 Å². The van der Waals surface area contributed by atoms with Gasteiger partial charge in [0.05, 0.1) is 9.79 Å². The summed E-state index contributed by atoms with van der Waals surface area (Å²) in [6.07, 6.45) is 0. The molecule has 0 saturated carbocycles. The molecule has 0 aliphatic carbocycles. The maximum Gasteiger partial charge on any atom is 0.294 e. The fourth-order valence-corrected chi connectivity index (χ4v) is 3.03. The highest BCUT2D eigenvalue weighted by Gasteiger charge is 2.22. The molecule has 17 heavy (non-hydrogen) atoms. The van der Waals surface area contributed by atoms with Crippen molar-refractivity contribution in [1.82, 2.24) is 0 Å². The van der Waals surface area contributed by atoms with E-state index in [0.29, 0.717) is 0 Å². The molecule has 4 N–H and O–H groups in total. The van der Waals surface area contributed by atoms with Crippen LogP contribution >= 0.6 is 0 Å². The van der Waals surface area contributed by atoms with E-state index in [1.54, 1.807) is 0 Å². The Balaban J connectivity index is 3.78. The molecule has 96 valence electrons. The molecule has 0 aromatic heterocycles. The molecule has 7 nitrogen and oxygen atoms in total. The van der Waals surface area contributed by atoms with Crippen LogP contribution in [0.15, 0.2) is 21.9 Å².